The molecule has 0 amide bonds. The first-order chi connectivity index (χ1) is 12.1. The van der Waals surface area contributed by atoms with E-state index in [1.165, 1.54) is 12.1 Å². The van der Waals surface area contributed by atoms with Crippen LogP contribution in [0, 0.1) is 10.1 Å². The Bertz CT molecular complexity index is 735. The van der Waals surface area contributed by atoms with Crippen molar-refractivity contribution in [2.75, 3.05) is 13.7 Å². The van der Waals surface area contributed by atoms with Crippen molar-refractivity contribution in [3.05, 3.63) is 69.8 Å². The van der Waals surface area contributed by atoms with Crippen molar-refractivity contribution in [1.82, 2.24) is 10.6 Å². The van der Waals surface area contributed by atoms with Crippen molar-refractivity contribution in [3.8, 4) is 5.75 Å². The molecule has 0 aromatic heterocycles. The van der Waals surface area contributed by atoms with E-state index in [2.05, 4.69) is 15.6 Å². The topological polar surface area (TPSA) is 88.8 Å². The summed E-state index contributed by atoms with van der Waals surface area (Å²) in [7, 11) is 1.65. The zero-order chi connectivity index (χ0) is 18.1. The molecule has 0 radical (unpaired) electrons. The SMILES string of the molecule is CCNC(=NCc1ccc([N+](=O)[O-])cc1)NCc1ccccc1OC.I. The maximum absolute atomic E-state index is 10.7. The number of para-hydroxylation sites is 1. The van der Waals surface area contributed by atoms with Crippen LogP contribution in [-0.2, 0) is 13.1 Å². The van der Waals surface area contributed by atoms with Crippen LogP contribution >= 0.6 is 24.0 Å². The van der Waals surface area contributed by atoms with Crippen LogP contribution in [0.4, 0.5) is 5.69 Å². The predicted molar refractivity (Wildman–Crippen MR) is 113 cm³/mol. The van der Waals surface area contributed by atoms with Crippen molar-refractivity contribution >= 4 is 35.6 Å². The molecule has 0 fully saturated rings. The molecule has 2 aromatic carbocycles. The molecule has 0 unspecified atom stereocenters. The Balaban J connectivity index is 0.00000338. The second-order valence-corrected chi connectivity index (χ2v) is 5.28. The molecular formula is C18H23IN4O3. The first-order valence-corrected chi connectivity index (χ1v) is 8.01. The summed E-state index contributed by atoms with van der Waals surface area (Å²) >= 11 is 0. The molecule has 0 spiro atoms. The molecule has 0 aliphatic carbocycles. The summed E-state index contributed by atoms with van der Waals surface area (Å²) in [4.78, 5) is 14.8. The molecule has 0 atom stereocenters. The maximum Gasteiger partial charge on any atom is 0.269 e. The molecule has 0 saturated carbocycles. The van der Waals surface area contributed by atoms with E-state index in [1.807, 2.05) is 31.2 Å². The highest BCUT2D eigenvalue weighted by Crippen LogP contribution is 2.16. The Morgan fingerprint density at radius 2 is 1.85 bits per heavy atom. The number of methoxy groups -OCH3 is 1. The average Bonchev–Trinajstić information content (AvgIpc) is 2.64. The maximum atomic E-state index is 10.7. The van der Waals surface area contributed by atoms with E-state index in [1.54, 1.807) is 19.2 Å². The number of benzene rings is 2. The third kappa shape index (κ3) is 6.51. The Hall–Kier alpha value is -2.36. The predicted octanol–water partition coefficient (Wildman–Crippen LogP) is 3.48. The van der Waals surface area contributed by atoms with Gasteiger partial charge < -0.3 is 15.4 Å². The molecule has 26 heavy (non-hydrogen) atoms. The van der Waals surface area contributed by atoms with E-state index >= 15 is 0 Å². The number of non-ortho nitro benzene ring substituents is 1. The molecule has 8 heteroatoms. The van der Waals surface area contributed by atoms with Crippen molar-refractivity contribution < 1.29 is 9.66 Å². The number of ether oxygens (including phenoxy) is 1. The third-order valence-corrected chi connectivity index (χ3v) is 3.55. The number of halogens is 1. The van der Waals surface area contributed by atoms with Gasteiger partial charge in [0.2, 0.25) is 0 Å². The molecule has 140 valence electrons. The van der Waals surface area contributed by atoms with E-state index in [-0.39, 0.29) is 29.7 Å². The zero-order valence-corrected chi connectivity index (χ0v) is 17.1. The first kappa shape index (κ1) is 21.7. The normalized spacial score (nSPS) is 10.6. The van der Waals surface area contributed by atoms with Gasteiger partial charge in [-0.05, 0) is 18.6 Å². The highest BCUT2D eigenvalue weighted by atomic mass is 127. The molecule has 0 aliphatic heterocycles. The second kappa shape index (κ2) is 11.3. The number of rotatable bonds is 7. The van der Waals surface area contributed by atoms with Crippen LogP contribution in [0.15, 0.2) is 53.5 Å². The van der Waals surface area contributed by atoms with E-state index in [0.29, 0.717) is 19.0 Å². The fourth-order valence-electron chi connectivity index (χ4n) is 2.26. The van der Waals surface area contributed by atoms with Gasteiger partial charge in [0, 0.05) is 30.8 Å². The van der Waals surface area contributed by atoms with Crippen LogP contribution in [0.3, 0.4) is 0 Å². The lowest BCUT2D eigenvalue weighted by atomic mass is 10.2. The van der Waals surface area contributed by atoms with Crippen molar-refractivity contribution in [3.63, 3.8) is 0 Å². The summed E-state index contributed by atoms with van der Waals surface area (Å²) < 4.78 is 5.34. The highest BCUT2D eigenvalue weighted by molar-refractivity contribution is 14.0. The molecule has 2 aromatic rings. The Morgan fingerprint density at radius 1 is 1.15 bits per heavy atom. The van der Waals surface area contributed by atoms with E-state index in [0.717, 1.165) is 23.4 Å². The summed E-state index contributed by atoms with van der Waals surface area (Å²) in [5.41, 5.74) is 2.01. The Labute approximate surface area is 170 Å². The fourth-order valence-corrected chi connectivity index (χ4v) is 2.26. The molecular weight excluding hydrogens is 447 g/mol. The van der Waals surface area contributed by atoms with Crippen LogP contribution < -0.4 is 15.4 Å². The van der Waals surface area contributed by atoms with Crippen molar-refractivity contribution in [2.45, 2.75) is 20.0 Å². The van der Waals surface area contributed by atoms with Gasteiger partial charge in [-0.3, -0.25) is 10.1 Å². The smallest absolute Gasteiger partial charge is 0.269 e. The number of nitro benzene ring substituents is 1. The lowest BCUT2D eigenvalue weighted by molar-refractivity contribution is -0.384. The molecule has 0 saturated heterocycles. The molecule has 0 aliphatic rings. The van der Waals surface area contributed by atoms with Crippen molar-refractivity contribution in [1.29, 1.82) is 0 Å². The van der Waals surface area contributed by atoms with Crippen molar-refractivity contribution in [2.24, 2.45) is 4.99 Å². The lowest BCUT2D eigenvalue weighted by Crippen LogP contribution is -2.36. The molecule has 0 heterocycles. The monoisotopic (exact) mass is 470 g/mol. The van der Waals surface area contributed by atoms with Crippen LogP contribution in [0.5, 0.6) is 5.75 Å². The third-order valence-electron chi connectivity index (χ3n) is 3.55. The molecule has 2 N–H and O–H groups in total. The molecule has 7 nitrogen and oxygen atoms in total. The molecule has 0 bridgehead atoms. The number of hydrogen-bond acceptors (Lipinski definition) is 4. The number of hydrogen-bond donors (Lipinski definition) is 2. The lowest BCUT2D eigenvalue weighted by Gasteiger charge is -2.13. The zero-order valence-electron chi connectivity index (χ0n) is 14.8. The summed E-state index contributed by atoms with van der Waals surface area (Å²) in [6.45, 7) is 3.74. The van der Waals surface area contributed by atoms with Gasteiger partial charge in [-0.15, -0.1) is 24.0 Å². The summed E-state index contributed by atoms with van der Waals surface area (Å²) in [6, 6.07) is 14.2. The van der Waals surface area contributed by atoms with Gasteiger partial charge in [0.05, 0.1) is 18.6 Å². The second-order valence-electron chi connectivity index (χ2n) is 5.28. The first-order valence-electron chi connectivity index (χ1n) is 8.01. The number of nitrogens with zero attached hydrogens (tertiary/aromatic N) is 2. The average molecular weight is 470 g/mol. The van der Waals surface area contributed by atoms with Gasteiger partial charge in [0.15, 0.2) is 5.96 Å². The van der Waals surface area contributed by atoms with Gasteiger partial charge in [-0.1, -0.05) is 30.3 Å². The Morgan fingerprint density at radius 3 is 2.46 bits per heavy atom. The summed E-state index contributed by atoms with van der Waals surface area (Å²) in [5, 5.41) is 17.1. The molecule has 2 rings (SSSR count). The van der Waals surface area contributed by atoms with E-state index in [4.69, 9.17) is 4.74 Å². The van der Waals surface area contributed by atoms with Crippen LogP contribution in [-0.4, -0.2) is 24.5 Å². The largest absolute Gasteiger partial charge is 0.496 e. The standard InChI is InChI=1S/C18H22N4O3.HI/c1-3-19-18(21-13-15-6-4-5-7-17(15)25-2)20-12-14-8-10-16(11-9-14)22(23)24;/h4-11H,3,12-13H2,1-2H3,(H2,19,20,21);1H. The number of nitrogens with one attached hydrogen (secondary N) is 2. The van der Waals surface area contributed by atoms with Gasteiger partial charge in [0.1, 0.15) is 5.75 Å². The van der Waals surface area contributed by atoms with Gasteiger partial charge >= 0.3 is 0 Å². The van der Waals surface area contributed by atoms with Gasteiger partial charge in [-0.2, -0.15) is 0 Å². The highest BCUT2D eigenvalue weighted by Gasteiger charge is 2.05. The van der Waals surface area contributed by atoms with Crippen LogP contribution in [0.2, 0.25) is 0 Å². The minimum atomic E-state index is -0.411. The Kier molecular flexibility index (Phi) is 9.42. The summed E-state index contributed by atoms with van der Waals surface area (Å²) in [5.74, 6) is 1.49. The van der Waals surface area contributed by atoms with E-state index in [9.17, 15) is 10.1 Å². The minimum Gasteiger partial charge on any atom is -0.496 e. The van der Waals surface area contributed by atoms with Crippen LogP contribution in [0.1, 0.15) is 18.1 Å². The number of nitro groups is 1. The van der Waals surface area contributed by atoms with Gasteiger partial charge in [-0.25, -0.2) is 4.99 Å². The van der Waals surface area contributed by atoms with E-state index < -0.39 is 4.92 Å². The fraction of sp³-hybridized carbons (Fsp3) is 0.278. The van der Waals surface area contributed by atoms with Crippen LogP contribution in [0.25, 0.3) is 0 Å². The number of guanidine groups is 1. The quantitative estimate of drug-likeness (QED) is 0.213. The number of aliphatic imine (C=N–C) groups is 1. The minimum absolute atomic E-state index is 0. The summed E-state index contributed by atoms with van der Waals surface area (Å²) in [6.07, 6.45) is 0. The van der Waals surface area contributed by atoms with Gasteiger partial charge in [0.25, 0.3) is 5.69 Å².